The first-order valence-electron chi connectivity index (χ1n) is 9.92. The van der Waals surface area contributed by atoms with E-state index in [1.54, 1.807) is 20.8 Å². The minimum Gasteiger partial charge on any atom is -0.444 e. The van der Waals surface area contributed by atoms with E-state index >= 15 is 0 Å². The molecule has 0 radical (unpaired) electrons. The van der Waals surface area contributed by atoms with Crippen LogP contribution in [0.5, 0.6) is 0 Å². The highest BCUT2D eigenvalue weighted by molar-refractivity contribution is 5.78. The molecule has 1 unspecified atom stereocenters. The van der Waals surface area contributed by atoms with Crippen LogP contribution in [0.25, 0.3) is 0 Å². The number of halogens is 2. The summed E-state index contributed by atoms with van der Waals surface area (Å²) < 4.78 is 34.0. The number of ether oxygens (including phenoxy) is 1. The number of likely N-dealkylation sites (tertiary alicyclic amines) is 1. The van der Waals surface area contributed by atoms with E-state index in [1.165, 1.54) is 4.90 Å². The number of amides is 2. The van der Waals surface area contributed by atoms with E-state index < -0.39 is 35.4 Å². The Morgan fingerprint density at radius 2 is 1.87 bits per heavy atom. The molecule has 30 heavy (non-hydrogen) atoms. The number of nitrogens with one attached hydrogen (secondary N) is 1. The third-order valence-electron chi connectivity index (χ3n) is 4.88. The summed E-state index contributed by atoms with van der Waals surface area (Å²) >= 11 is 0. The minimum absolute atomic E-state index is 0.0278. The lowest BCUT2D eigenvalue weighted by molar-refractivity contribution is -0.138. The second-order valence-corrected chi connectivity index (χ2v) is 8.41. The van der Waals surface area contributed by atoms with E-state index in [0.29, 0.717) is 6.42 Å². The summed E-state index contributed by atoms with van der Waals surface area (Å²) in [5.74, 6) is -1.43. The number of nitrogens with zero attached hydrogens (tertiary/aromatic N) is 1. The molecule has 1 heterocycles. The zero-order valence-corrected chi connectivity index (χ0v) is 17.3. The lowest BCUT2D eigenvalue weighted by Gasteiger charge is -2.42. The Kier molecular flexibility index (Phi) is 6.39. The van der Waals surface area contributed by atoms with Crippen molar-refractivity contribution in [3.63, 3.8) is 0 Å². The van der Waals surface area contributed by atoms with E-state index in [9.17, 15) is 18.4 Å². The number of carbonyl (C=O) groups is 2. The molecule has 5 nitrogen and oxygen atoms in total. The molecule has 2 aromatic carbocycles. The lowest BCUT2D eigenvalue weighted by atomic mass is 9.89. The molecular formula is C23H26F2N2O3. The van der Waals surface area contributed by atoms with Crippen molar-refractivity contribution in [3.8, 4) is 0 Å². The monoisotopic (exact) mass is 416 g/mol. The number of piperidine rings is 1. The van der Waals surface area contributed by atoms with Crippen molar-refractivity contribution in [1.82, 2.24) is 10.2 Å². The van der Waals surface area contributed by atoms with Gasteiger partial charge in [-0.25, -0.2) is 13.6 Å². The van der Waals surface area contributed by atoms with E-state index in [2.05, 4.69) is 5.32 Å². The molecule has 2 aromatic rings. The summed E-state index contributed by atoms with van der Waals surface area (Å²) in [4.78, 5) is 26.7. The van der Waals surface area contributed by atoms with Crippen molar-refractivity contribution in [2.45, 2.75) is 57.8 Å². The molecule has 1 fully saturated rings. The number of hydrogen-bond donors (Lipinski definition) is 1. The summed E-state index contributed by atoms with van der Waals surface area (Å²) in [7, 11) is 0. The van der Waals surface area contributed by atoms with Gasteiger partial charge in [0.05, 0.1) is 12.1 Å². The van der Waals surface area contributed by atoms with Crippen molar-refractivity contribution in [2.75, 3.05) is 0 Å². The van der Waals surface area contributed by atoms with Gasteiger partial charge in [0.2, 0.25) is 5.91 Å². The summed E-state index contributed by atoms with van der Waals surface area (Å²) in [6.07, 6.45) is -0.187. The quantitative estimate of drug-likeness (QED) is 0.785. The van der Waals surface area contributed by atoms with E-state index in [0.717, 1.165) is 23.8 Å². The van der Waals surface area contributed by atoms with Gasteiger partial charge in [0.15, 0.2) is 0 Å². The van der Waals surface area contributed by atoms with Crippen LogP contribution < -0.4 is 5.32 Å². The molecular weight excluding hydrogens is 390 g/mol. The Hall–Kier alpha value is -2.96. The predicted octanol–water partition coefficient (Wildman–Crippen LogP) is 4.72. The van der Waals surface area contributed by atoms with Gasteiger partial charge in [-0.2, -0.15) is 0 Å². The molecule has 0 bridgehead atoms. The Morgan fingerprint density at radius 3 is 2.53 bits per heavy atom. The smallest absolute Gasteiger partial charge is 0.407 e. The SMILES string of the molecule is CC(C)(C)OC(=O)NC1CCC(=O)N(Cc2ccccc2)[C@@H]1c1cc(F)ccc1F. The topological polar surface area (TPSA) is 58.6 Å². The predicted molar refractivity (Wildman–Crippen MR) is 108 cm³/mol. The van der Waals surface area contributed by atoms with E-state index in [-0.39, 0.29) is 24.4 Å². The number of carbonyl (C=O) groups excluding carboxylic acids is 2. The fourth-order valence-corrected chi connectivity index (χ4v) is 3.66. The molecule has 1 aliphatic rings. The molecule has 3 rings (SSSR count). The molecule has 160 valence electrons. The van der Waals surface area contributed by atoms with Crippen LogP contribution in [0.4, 0.5) is 13.6 Å². The van der Waals surface area contributed by atoms with Crippen molar-refractivity contribution in [1.29, 1.82) is 0 Å². The first-order chi connectivity index (χ1) is 14.1. The van der Waals surface area contributed by atoms with Crippen LogP contribution in [-0.4, -0.2) is 28.5 Å². The summed E-state index contributed by atoms with van der Waals surface area (Å²) in [6.45, 7) is 5.43. The Labute approximate surface area is 175 Å². The summed E-state index contributed by atoms with van der Waals surface area (Å²) in [5.41, 5.74) is 0.170. The average Bonchev–Trinajstić information content (AvgIpc) is 2.66. The van der Waals surface area contributed by atoms with Crippen molar-refractivity contribution in [3.05, 3.63) is 71.3 Å². The van der Waals surface area contributed by atoms with Gasteiger partial charge >= 0.3 is 6.09 Å². The summed E-state index contributed by atoms with van der Waals surface area (Å²) in [6, 6.07) is 10.9. The van der Waals surface area contributed by atoms with E-state index in [1.807, 2.05) is 30.3 Å². The van der Waals surface area contributed by atoms with Crippen molar-refractivity contribution >= 4 is 12.0 Å². The number of hydrogen-bond acceptors (Lipinski definition) is 3. The van der Waals surface area contributed by atoms with Crippen molar-refractivity contribution < 1.29 is 23.1 Å². The largest absolute Gasteiger partial charge is 0.444 e. The maximum absolute atomic E-state index is 14.7. The van der Waals surface area contributed by atoms with Gasteiger partial charge in [0, 0.05) is 18.5 Å². The molecule has 0 aromatic heterocycles. The standard InChI is InChI=1S/C23H26F2N2O3/c1-23(2,3)30-22(29)26-19-11-12-20(28)27(14-15-7-5-4-6-8-15)21(19)17-13-16(24)9-10-18(17)25/h4-10,13,19,21H,11-12,14H2,1-3H3,(H,26,29)/t19?,21-/m1/s1. The third-order valence-corrected chi connectivity index (χ3v) is 4.88. The lowest BCUT2D eigenvalue weighted by Crippen LogP contribution is -2.52. The van der Waals surface area contributed by atoms with Gasteiger partial charge in [0.1, 0.15) is 17.2 Å². The number of benzene rings is 2. The van der Waals surface area contributed by atoms with Gasteiger partial charge in [-0.1, -0.05) is 30.3 Å². The van der Waals surface area contributed by atoms with Crippen molar-refractivity contribution in [2.24, 2.45) is 0 Å². The second kappa shape index (κ2) is 8.81. The fourth-order valence-electron chi connectivity index (χ4n) is 3.66. The molecule has 2 amide bonds. The highest BCUT2D eigenvalue weighted by atomic mass is 19.1. The van der Waals surface area contributed by atoms with Crippen LogP contribution in [0.2, 0.25) is 0 Å². The molecule has 0 saturated carbocycles. The van der Waals surface area contributed by atoms with Gasteiger partial charge in [-0.05, 0) is 51.0 Å². The van der Waals surface area contributed by atoms with E-state index in [4.69, 9.17) is 4.74 Å². The number of alkyl carbamates (subject to hydrolysis) is 1. The molecule has 0 spiro atoms. The van der Waals surface area contributed by atoms with Crippen LogP contribution in [0.1, 0.15) is 50.8 Å². The fraction of sp³-hybridized carbons (Fsp3) is 0.391. The maximum atomic E-state index is 14.7. The van der Waals surface area contributed by atoms with Crippen LogP contribution in [0.3, 0.4) is 0 Å². The minimum atomic E-state index is -0.866. The van der Waals surface area contributed by atoms with Crippen LogP contribution in [0.15, 0.2) is 48.5 Å². The third kappa shape index (κ3) is 5.34. The molecule has 7 heteroatoms. The zero-order chi connectivity index (χ0) is 21.9. The Bertz CT molecular complexity index is 912. The highest BCUT2D eigenvalue weighted by Gasteiger charge is 2.39. The van der Waals surface area contributed by atoms with Gasteiger partial charge in [0.25, 0.3) is 0 Å². The first kappa shape index (κ1) is 21.7. The second-order valence-electron chi connectivity index (χ2n) is 8.41. The highest BCUT2D eigenvalue weighted by Crippen LogP contribution is 2.35. The Morgan fingerprint density at radius 1 is 1.17 bits per heavy atom. The van der Waals surface area contributed by atoms with Crippen LogP contribution >= 0.6 is 0 Å². The van der Waals surface area contributed by atoms with Gasteiger partial charge in [-0.3, -0.25) is 4.79 Å². The zero-order valence-electron chi connectivity index (χ0n) is 17.3. The summed E-state index contributed by atoms with van der Waals surface area (Å²) in [5, 5.41) is 2.76. The molecule has 2 atom stereocenters. The molecule has 0 aliphatic carbocycles. The normalized spacial score (nSPS) is 19.5. The van der Waals surface area contributed by atoms with Gasteiger partial charge in [-0.15, -0.1) is 0 Å². The average molecular weight is 416 g/mol. The Balaban J connectivity index is 1.97. The van der Waals surface area contributed by atoms with Crippen LogP contribution in [-0.2, 0) is 16.1 Å². The first-order valence-corrected chi connectivity index (χ1v) is 9.92. The number of rotatable bonds is 4. The van der Waals surface area contributed by atoms with Gasteiger partial charge < -0.3 is 15.0 Å². The molecule has 1 saturated heterocycles. The maximum Gasteiger partial charge on any atom is 0.407 e. The molecule has 1 aliphatic heterocycles. The van der Waals surface area contributed by atoms with Crippen LogP contribution in [0, 0.1) is 11.6 Å². The molecule has 1 N–H and O–H groups in total.